The van der Waals surface area contributed by atoms with E-state index in [-0.39, 0.29) is 11.1 Å². The molecule has 0 saturated heterocycles. The predicted octanol–water partition coefficient (Wildman–Crippen LogP) is 5.32. The number of halogens is 6. The van der Waals surface area contributed by atoms with Crippen LogP contribution in [0.2, 0.25) is 0 Å². The summed E-state index contributed by atoms with van der Waals surface area (Å²) in [7, 11) is 0. The highest BCUT2D eigenvalue weighted by atomic mass is 32.1. The van der Waals surface area contributed by atoms with Crippen molar-refractivity contribution < 1.29 is 26.3 Å². The molecule has 0 N–H and O–H groups in total. The van der Waals surface area contributed by atoms with Crippen LogP contribution in [0, 0.1) is 11.3 Å². The molecule has 0 spiro atoms. The zero-order valence-corrected chi connectivity index (χ0v) is 10.8. The fourth-order valence-corrected chi connectivity index (χ4v) is 2.59. The summed E-state index contributed by atoms with van der Waals surface area (Å²) in [5.74, 6) is 0. The SMILES string of the molecule is N#Cc1ccc(-c2ccsc2C(F)(F)F)cc1C(F)(F)F. The van der Waals surface area contributed by atoms with Crippen LogP contribution in [0.25, 0.3) is 11.1 Å². The van der Waals surface area contributed by atoms with Gasteiger partial charge in [-0.25, -0.2) is 0 Å². The number of benzene rings is 1. The van der Waals surface area contributed by atoms with Crippen molar-refractivity contribution >= 4 is 11.3 Å². The Labute approximate surface area is 119 Å². The van der Waals surface area contributed by atoms with Crippen LogP contribution in [0.5, 0.6) is 0 Å². The number of nitriles is 1. The van der Waals surface area contributed by atoms with E-state index in [9.17, 15) is 26.3 Å². The highest BCUT2D eigenvalue weighted by Gasteiger charge is 2.37. The molecule has 1 aromatic carbocycles. The van der Waals surface area contributed by atoms with Gasteiger partial charge in [-0.1, -0.05) is 6.07 Å². The molecular formula is C13H5F6NS. The summed E-state index contributed by atoms with van der Waals surface area (Å²) in [4.78, 5) is -0.972. The Hall–Kier alpha value is -2.01. The van der Waals surface area contributed by atoms with Gasteiger partial charge < -0.3 is 0 Å². The lowest BCUT2D eigenvalue weighted by molar-refractivity contribution is -0.137. The zero-order valence-electron chi connectivity index (χ0n) is 10.0. The van der Waals surface area contributed by atoms with Crippen LogP contribution in [-0.2, 0) is 12.4 Å². The highest BCUT2D eigenvalue weighted by Crippen LogP contribution is 2.42. The van der Waals surface area contributed by atoms with Gasteiger partial charge >= 0.3 is 12.4 Å². The quantitative estimate of drug-likeness (QED) is 0.652. The van der Waals surface area contributed by atoms with E-state index in [0.717, 1.165) is 23.6 Å². The maximum absolute atomic E-state index is 12.8. The van der Waals surface area contributed by atoms with Crippen LogP contribution < -0.4 is 0 Å². The third-order valence-corrected chi connectivity index (χ3v) is 3.64. The van der Waals surface area contributed by atoms with Crippen molar-refractivity contribution in [3.8, 4) is 17.2 Å². The average Bonchev–Trinajstić information content (AvgIpc) is 2.86. The van der Waals surface area contributed by atoms with Gasteiger partial charge in [-0.15, -0.1) is 11.3 Å². The maximum atomic E-state index is 12.8. The summed E-state index contributed by atoms with van der Waals surface area (Å²) >= 11 is 0.403. The molecule has 0 amide bonds. The second kappa shape index (κ2) is 5.07. The number of rotatable bonds is 1. The standard InChI is InChI=1S/C13H5F6NS/c14-12(15,16)10-5-7(1-2-8(10)6-20)9-3-4-21-11(9)13(17,18)19/h1-5H. The van der Waals surface area contributed by atoms with Crippen molar-refractivity contribution in [2.24, 2.45) is 0 Å². The van der Waals surface area contributed by atoms with Gasteiger partial charge in [0.25, 0.3) is 0 Å². The number of hydrogen-bond donors (Lipinski definition) is 0. The van der Waals surface area contributed by atoms with Crippen molar-refractivity contribution in [2.75, 3.05) is 0 Å². The molecule has 0 aliphatic rings. The minimum absolute atomic E-state index is 0.227. The Morgan fingerprint density at radius 3 is 2.14 bits per heavy atom. The normalized spacial score (nSPS) is 12.2. The molecule has 1 heterocycles. The van der Waals surface area contributed by atoms with E-state index in [2.05, 4.69) is 0 Å². The van der Waals surface area contributed by atoms with Gasteiger partial charge in [0.05, 0.1) is 17.2 Å². The molecule has 0 bridgehead atoms. The first-order chi connectivity index (χ1) is 9.64. The lowest BCUT2D eigenvalue weighted by Gasteiger charge is -2.12. The van der Waals surface area contributed by atoms with Gasteiger partial charge in [0.2, 0.25) is 0 Å². The third-order valence-electron chi connectivity index (χ3n) is 2.68. The zero-order chi connectivity index (χ0) is 15.8. The topological polar surface area (TPSA) is 23.8 Å². The molecule has 0 saturated carbocycles. The highest BCUT2D eigenvalue weighted by molar-refractivity contribution is 7.10. The summed E-state index contributed by atoms with van der Waals surface area (Å²) in [6, 6.07) is 5.00. The molecule has 1 aromatic heterocycles. The molecule has 8 heteroatoms. The van der Waals surface area contributed by atoms with E-state index in [1.807, 2.05) is 0 Å². The second-order valence-electron chi connectivity index (χ2n) is 4.03. The number of nitrogens with zero attached hydrogens (tertiary/aromatic N) is 1. The minimum Gasteiger partial charge on any atom is -0.192 e. The van der Waals surface area contributed by atoms with Crippen LogP contribution in [-0.4, -0.2) is 0 Å². The van der Waals surface area contributed by atoms with Crippen LogP contribution >= 0.6 is 11.3 Å². The maximum Gasteiger partial charge on any atom is 0.426 e. The summed E-state index contributed by atoms with van der Waals surface area (Å²) in [6.45, 7) is 0. The Balaban J connectivity index is 2.63. The molecule has 0 fully saturated rings. The lowest BCUT2D eigenvalue weighted by atomic mass is 9.99. The van der Waals surface area contributed by atoms with Crippen LogP contribution in [0.3, 0.4) is 0 Å². The van der Waals surface area contributed by atoms with E-state index in [1.165, 1.54) is 6.07 Å². The van der Waals surface area contributed by atoms with Gasteiger partial charge in [-0.2, -0.15) is 31.6 Å². The summed E-state index contributed by atoms with van der Waals surface area (Å²) in [5, 5.41) is 9.82. The third kappa shape index (κ3) is 3.03. The number of hydrogen-bond acceptors (Lipinski definition) is 2. The second-order valence-corrected chi connectivity index (χ2v) is 4.95. The number of alkyl halides is 6. The first-order valence-corrected chi connectivity index (χ1v) is 6.29. The molecule has 2 rings (SSSR count). The van der Waals surface area contributed by atoms with E-state index in [0.29, 0.717) is 17.4 Å². The van der Waals surface area contributed by atoms with Crippen molar-refractivity contribution in [1.29, 1.82) is 5.26 Å². The van der Waals surface area contributed by atoms with Crippen LogP contribution in [0.15, 0.2) is 29.6 Å². The van der Waals surface area contributed by atoms with E-state index >= 15 is 0 Å². The van der Waals surface area contributed by atoms with Gasteiger partial charge in [0.15, 0.2) is 0 Å². The first kappa shape index (κ1) is 15.4. The molecule has 110 valence electrons. The van der Waals surface area contributed by atoms with Gasteiger partial charge in [-0.05, 0) is 29.1 Å². The molecule has 2 aromatic rings. The fraction of sp³-hybridized carbons (Fsp3) is 0.154. The molecule has 21 heavy (non-hydrogen) atoms. The van der Waals surface area contributed by atoms with Crippen LogP contribution in [0.1, 0.15) is 16.0 Å². The van der Waals surface area contributed by atoms with Gasteiger partial charge in [-0.3, -0.25) is 0 Å². The molecule has 0 radical (unpaired) electrons. The largest absolute Gasteiger partial charge is 0.426 e. The van der Waals surface area contributed by atoms with E-state index < -0.39 is 28.4 Å². The smallest absolute Gasteiger partial charge is 0.192 e. The fourth-order valence-electron chi connectivity index (χ4n) is 1.80. The summed E-state index contributed by atoms with van der Waals surface area (Å²) in [6.07, 6.45) is -9.45. The van der Waals surface area contributed by atoms with E-state index in [4.69, 9.17) is 5.26 Å². The van der Waals surface area contributed by atoms with Gasteiger partial charge in [0.1, 0.15) is 4.88 Å². The Kier molecular flexibility index (Phi) is 3.72. The molecule has 1 nitrogen and oxygen atoms in total. The molecule has 0 aliphatic carbocycles. The van der Waals surface area contributed by atoms with Crippen LogP contribution in [0.4, 0.5) is 26.3 Å². The average molecular weight is 321 g/mol. The minimum atomic E-state index is -4.81. The van der Waals surface area contributed by atoms with Crippen molar-refractivity contribution in [3.05, 3.63) is 45.6 Å². The molecular weight excluding hydrogens is 316 g/mol. The van der Waals surface area contributed by atoms with E-state index in [1.54, 1.807) is 0 Å². The van der Waals surface area contributed by atoms with Crippen molar-refractivity contribution in [3.63, 3.8) is 0 Å². The van der Waals surface area contributed by atoms with Crippen molar-refractivity contribution in [1.82, 2.24) is 0 Å². The first-order valence-electron chi connectivity index (χ1n) is 5.41. The Morgan fingerprint density at radius 2 is 1.62 bits per heavy atom. The summed E-state index contributed by atoms with van der Waals surface area (Å²) < 4.78 is 76.8. The Morgan fingerprint density at radius 1 is 0.952 bits per heavy atom. The molecule has 0 unspecified atom stereocenters. The summed E-state index contributed by atoms with van der Waals surface area (Å²) in [5.41, 5.74) is -2.44. The molecule has 0 aliphatic heterocycles. The Bertz CT molecular complexity index is 705. The molecule has 0 atom stereocenters. The predicted molar refractivity (Wildman–Crippen MR) is 64.5 cm³/mol. The monoisotopic (exact) mass is 321 g/mol. The van der Waals surface area contributed by atoms with Gasteiger partial charge in [0, 0.05) is 5.56 Å². The van der Waals surface area contributed by atoms with Crippen molar-refractivity contribution in [2.45, 2.75) is 12.4 Å². The lowest BCUT2D eigenvalue weighted by Crippen LogP contribution is -2.08. The number of thiophene rings is 1.